The molecule has 13 heavy (non-hydrogen) atoms. The van der Waals surface area contributed by atoms with Crippen molar-refractivity contribution in [1.29, 1.82) is 0 Å². The van der Waals surface area contributed by atoms with E-state index in [1.807, 2.05) is 6.92 Å². The number of aliphatic hydroxyl groups is 1. The van der Waals surface area contributed by atoms with Gasteiger partial charge in [-0.25, -0.2) is 0 Å². The van der Waals surface area contributed by atoms with Crippen molar-refractivity contribution in [3.8, 4) is 0 Å². The fourth-order valence-electron chi connectivity index (χ4n) is 1.59. The van der Waals surface area contributed by atoms with Crippen molar-refractivity contribution in [2.45, 2.75) is 45.1 Å². The van der Waals surface area contributed by atoms with Crippen LogP contribution < -0.4 is 0 Å². The molecule has 0 radical (unpaired) electrons. The average Bonchev–Trinajstić information content (AvgIpc) is 2.56. The molecule has 1 aliphatic carbocycles. The van der Waals surface area contributed by atoms with Gasteiger partial charge in [0.15, 0.2) is 0 Å². The maximum absolute atomic E-state index is 11.2. The van der Waals surface area contributed by atoms with Crippen LogP contribution in [0.2, 0.25) is 0 Å². The summed E-state index contributed by atoms with van der Waals surface area (Å²) >= 11 is 0. The maximum Gasteiger partial charge on any atom is 0.306 e. The molecular formula is C10H18O3. The number of esters is 1. The molecule has 0 aromatic carbocycles. The van der Waals surface area contributed by atoms with E-state index in [4.69, 9.17) is 9.84 Å². The summed E-state index contributed by atoms with van der Waals surface area (Å²) in [5, 5.41) is 8.74. The molecule has 1 aliphatic rings. The van der Waals surface area contributed by atoms with Crippen LogP contribution in [-0.4, -0.2) is 23.8 Å². The third-order valence-electron chi connectivity index (χ3n) is 2.43. The average molecular weight is 186 g/mol. The Morgan fingerprint density at radius 2 is 2.15 bits per heavy atom. The molecule has 0 aromatic heterocycles. The molecule has 1 rings (SSSR count). The Balaban J connectivity index is 2.16. The molecule has 1 N–H and O–H groups in total. The van der Waals surface area contributed by atoms with Crippen molar-refractivity contribution < 1.29 is 14.6 Å². The van der Waals surface area contributed by atoms with Crippen LogP contribution in [0.15, 0.2) is 0 Å². The fraction of sp³-hybridized carbons (Fsp3) is 0.900. The minimum absolute atomic E-state index is 0.0221. The highest BCUT2D eigenvalue weighted by Gasteiger charge is 2.19. The molecule has 76 valence electrons. The first-order valence-electron chi connectivity index (χ1n) is 5.02. The molecule has 1 unspecified atom stereocenters. The van der Waals surface area contributed by atoms with Crippen LogP contribution in [0.4, 0.5) is 0 Å². The van der Waals surface area contributed by atoms with Crippen LogP contribution in [0, 0.1) is 5.92 Å². The van der Waals surface area contributed by atoms with E-state index in [1.165, 1.54) is 12.8 Å². The van der Waals surface area contributed by atoms with Gasteiger partial charge in [-0.1, -0.05) is 6.92 Å². The predicted molar refractivity (Wildman–Crippen MR) is 49.2 cm³/mol. The van der Waals surface area contributed by atoms with Crippen molar-refractivity contribution in [2.24, 2.45) is 5.92 Å². The Morgan fingerprint density at radius 1 is 1.54 bits per heavy atom. The van der Waals surface area contributed by atoms with Crippen LogP contribution in [0.25, 0.3) is 0 Å². The smallest absolute Gasteiger partial charge is 0.306 e. The Kier molecular flexibility index (Phi) is 4.22. The topological polar surface area (TPSA) is 46.5 Å². The molecule has 0 saturated heterocycles. The van der Waals surface area contributed by atoms with E-state index in [2.05, 4.69) is 0 Å². The predicted octanol–water partition coefficient (Wildman–Crippen LogP) is 1.49. The molecule has 1 atom stereocenters. The van der Waals surface area contributed by atoms with E-state index >= 15 is 0 Å². The van der Waals surface area contributed by atoms with Gasteiger partial charge in [0.05, 0.1) is 6.42 Å². The van der Waals surface area contributed by atoms with Gasteiger partial charge < -0.3 is 9.84 Å². The van der Waals surface area contributed by atoms with E-state index in [0.717, 1.165) is 12.8 Å². The van der Waals surface area contributed by atoms with Crippen molar-refractivity contribution >= 4 is 5.97 Å². The van der Waals surface area contributed by atoms with Crippen LogP contribution in [-0.2, 0) is 9.53 Å². The summed E-state index contributed by atoms with van der Waals surface area (Å²) in [7, 11) is 0. The van der Waals surface area contributed by atoms with Gasteiger partial charge in [-0.15, -0.1) is 0 Å². The first-order valence-corrected chi connectivity index (χ1v) is 5.02. The minimum atomic E-state index is -0.159. The number of carbonyl (C=O) groups excluding carboxylic acids is 1. The second-order valence-corrected chi connectivity index (χ2v) is 3.89. The molecule has 0 bridgehead atoms. The highest BCUT2D eigenvalue weighted by Crippen LogP contribution is 2.21. The Bertz CT molecular complexity index is 162. The Morgan fingerprint density at radius 3 is 2.69 bits per heavy atom. The third kappa shape index (κ3) is 3.77. The van der Waals surface area contributed by atoms with Gasteiger partial charge in [-0.3, -0.25) is 4.79 Å². The summed E-state index contributed by atoms with van der Waals surface area (Å²) < 4.78 is 5.23. The zero-order valence-electron chi connectivity index (χ0n) is 8.16. The van der Waals surface area contributed by atoms with Gasteiger partial charge >= 0.3 is 5.97 Å². The molecule has 1 fully saturated rings. The van der Waals surface area contributed by atoms with Crippen molar-refractivity contribution in [2.75, 3.05) is 6.61 Å². The highest BCUT2D eigenvalue weighted by molar-refractivity contribution is 5.69. The van der Waals surface area contributed by atoms with Gasteiger partial charge in [0.2, 0.25) is 0 Å². The lowest BCUT2D eigenvalue weighted by Crippen LogP contribution is -2.17. The Labute approximate surface area is 79.1 Å². The molecule has 1 saturated carbocycles. The van der Waals surface area contributed by atoms with E-state index in [9.17, 15) is 4.79 Å². The van der Waals surface area contributed by atoms with Gasteiger partial charge in [0.25, 0.3) is 0 Å². The number of aliphatic hydroxyl groups excluding tert-OH is 1. The summed E-state index contributed by atoms with van der Waals surface area (Å²) in [4.78, 5) is 11.2. The van der Waals surface area contributed by atoms with Crippen molar-refractivity contribution in [3.05, 3.63) is 0 Å². The number of ether oxygens (including phenoxy) is 1. The molecule has 0 aliphatic heterocycles. The zero-order chi connectivity index (χ0) is 9.68. The molecule has 0 heterocycles. The van der Waals surface area contributed by atoms with Gasteiger partial charge in [-0.2, -0.15) is 0 Å². The summed E-state index contributed by atoms with van der Waals surface area (Å²) in [6.45, 7) is 1.90. The second kappa shape index (κ2) is 5.22. The molecular weight excluding hydrogens is 168 g/mol. The Hall–Kier alpha value is -0.570. The minimum Gasteiger partial charge on any atom is -0.462 e. The molecule has 0 spiro atoms. The largest absolute Gasteiger partial charge is 0.462 e. The normalized spacial score (nSPS) is 20.2. The summed E-state index contributed by atoms with van der Waals surface area (Å²) in [6, 6.07) is 0. The lowest BCUT2D eigenvalue weighted by Gasteiger charge is -2.12. The monoisotopic (exact) mass is 186 g/mol. The maximum atomic E-state index is 11.2. The quantitative estimate of drug-likeness (QED) is 0.677. The van der Waals surface area contributed by atoms with Crippen molar-refractivity contribution in [1.82, 2.24) is 0 Å². The highest BCUT2D eigenvalue weighted by atomic mass is 16.5. The number of hydrogen-bond acceptors (Lipinski definition) is 3. The van der Waals surface area contributed by atoms with Crippen LogP contribution >= 0.6 is 0 Å². The van der Waals surface area contributed by atoms with E-state index < -0.39 is 0 Å². The standard InChI is InChI=1S/C10H18O3/c1-8(7-11)6-10(12)13-9-4-2-3-5-9/h8-9,11H,2-7H2,1H3. The van der Waals surface area contributed by atoms with Crippen LogP contribution in [0.1, 0.15) is 39.0 Å². The van der Waals surface area contributed by atoms with Gasteiger partial charge in [-0.05, 0) is 31.6 Å². The summed E-state index contributed by atoms with van der Waals surface area (Å²) in [5.41, 5.74) is 0. The number of carbonyl (C=O) groups is 1. The zero-order valence-corrected chi connectivity index (χ0v) is 8.16. The third-order valence-corrected chi connectivity index (χ3v) is 2.43. The first kappa shape index (κ1) is 10.5. The van der Waals surface area contributed by atoms with Crippen LogP contribution in [0.3, 0.4) is 0 Å². The van der Waals surface area contributed by atoms with E-state index in [1.54, 1.807) is 0 Å². The molecule has 3 nitrogen and oxygen atoms in total. The lowest BCUT2D eigenvalue weighted by atomic mass is 10.1. The van der Waals surface area contributed by atoms with E-state index in [0.29, 0.717) is 6.42 Å². The van der Waals surface area contributed by atoms with Gasteiger partial charge in [0, 0.05) is 6.61 Å². The summed E-state index contributed by atoms with van der Waals surface area (Å²) in [6.07, 6.45) is 4.87. The molecule has 0 amide bonds. The van der Waals surface area contributed by atoms with Crippen molar-refractivity contribution in [3.63, 3.8) is 0 Å². The lowest BCUT2D eigenvalue weighted by molar-refractivity contribution is -0.150. The number of rotatable bonds is 4. The summed E-state index contributed by atoms with van der Waals surface area (Å²) in [5.74, 6) is -0.137. The first-order chi connectivity index (χ1) is 6.22. The SMILES string of the molecule is CC(CO)CC(=O)OC1CCCC1. The number of hydrogen-bond donors (Lipinski definition) is 1. The second-order valence-electron chi connectivity index (χ2n) is 3.89. The fourth-order valence-corrected chi connectivity index (χ4v) is 1.59. The van der Waals surface area contributed by atoms with Gasteiger partial charge in [0.1, 0.15) is 6.10 Å². The molecule has 3 heteroatoms. The van der Waals surface area contributed by atoms with E-state index in [-0.39, 0.29) is 24.6 Å². The van der Waals surface area contributed by atoms with Crippen LogP contribution in [0.5, 0.6) is 0 Å². The molecule has 0 aromatic rings.